The lowest BCUT2D eigenvalue weighted by molar-refractivity contribution is -0.684. The van der Waals surface area contributed by atoms with E-state index in [1.807, 2.05) is 18.2 Å². The number of benzene rings is 1. The highest BCUT2D eigenvalue weighted by molar-refractivity contribution is 9.10. The summed E-state index contributed by atoms with van der Waals surface area (Å²) < 4.78 is 2.49. The van der Waals surface area contributed by atoms with Crippen molar-refractivity contribution in [1.82, 2.24) is 0 Å². The molecule has 3 N–H and O–H groups in total. The molecule has 1 heterocycles. The topological polar surface area (TPSA) is 76.1 Å². The van der Waals surface area contributed by atoms with Gasteiger partial charge in [-0.15, -0.1) is 0 Å². The molecule has 102 valence electrons. The van der Waals surface area contributed by atoms with Crippen molar-refractivity contribution in [3.05, 3.63) is 58.8 Å². The zero-order valence-electron chi connectivity index (χ0n) is 10.5. The molecular formula is C14H13BrN3O2+. The van der Waals surface area contributed by atoms with Gasteiger partial charge in [-0.25, -0.2) is 0 Å². The average Bonchev–Trinajstić information content (AvgIpc) is 2.38. The number of halogens is 1. The van der Waals surface area contributed by atoms with Crippen LogP contribution in [0.3, 0.4) is 0 Å². The monoisotopic (exact) mass is 334 g/mol. The first-order chi connectivity index (χ1) is 9.54. The van der Waals surface area contributed by atoms with Crippen molar-refractivity contribution >= 4 is 33.4 Å². The average molecular weight is 335 g/mol. The molecule has 2 rings (SSSR count). The van der Waals surface area contributed by atoms with Crippen molar-refractivity contribution < 1.29 is 14.2 Å². The second-order valence-electron chi connectivity index (χ2n) is 4.19. The number of carbonyl (C=O) groups is 2. The number of nitrogens with one attached hydrogen (secondary N) is 1. The SMILES string of the molecule is NC(=O)c1ccc[n+](CC(=O)Nc2cccc(Br)c2)c1. The van der Waals surface area contributed by atoms with Crippen molar-refractivity contribution in [1.29, 1.82) is 0 Å². The van der Waals surface area contributed by atoms with Gasteiger partial charge in [0.1, 0.15) is 5.56 Å². The van der Waals surface area contributed by atoms with Crippen molar-refractivity contribution in [3.8, 4) is 0 Å². The molecular weight excluding hydrogens is 322 g/mol. The normalized spacial score (nSPS) is 10.1. The number of hydrogen-bond acceptors (Lipinski definition) is 2. The highest BCUT2D eigenvalue weighted by Crippen LogP contribution is 2.15. The van der Waals surface area contributed by atoms with Crippen molar-refractivity contribution in [2.45, 2.75) is 6.54 Å². The molecule has 0 saturated carbocycles. The van der Waals surface area contributed by atoms with E-state index in [4.69, 9.17) is 5.73 Å². The first kappa shape index (κ1) is 14.2. The van der Waals surface area contributed by atoms with E-state index in [1.165, 1.54) is 0 Å². The zero-order valence-corrected chi connectivity index (χ0v) is 12.1. The Morgan fingerprint density at radius 1 is 1.25 bits per heavy atom. The van der Waals surface area contributed by atoms with Crippen LogP contribution < -0.4 is 15.6 Å². The Hall–Kier alpha value is -2.21. The van der Waals surface area contributed by atoms with Gasteiger partial charge in [-0.3, -0.25) is 9.59 Å². The van der Waals surface area contributed by atoms with Gasteiger partial charge >= 0.3 is 0 Å². The number of amides is 2. The maximum absolute atomic E-state index is 11.9. The summed E-state index contributed by atoms with van der Waals surface area (Å²) >= 11 is 3.34. The highest BCUT2D eigenvalue weighted by Gasteiger charge is 2.12. The quantitative estimate of drug-likeness (QED) is 0.831. The van der Waals surface area contributed by atoms with Crippen LogP contribution >= 0.6 is 15.9 Å². The number of carbonyl (C=O) groups excluding carboxylic acids is 2. The number of aromatic nitrogens is 1. The summed E-state index contributed by atoms with van der Waals surface area (Å²) in [7, 11) is 0. The third-order valence-corrected chi connectivity index (χ3v) is 3.07. The molecule has 5 nitrogen and oxygen atoms in total. The van der Waals surface area contributed by atoms with Crippen LogP contribution in [0.25, 0.3) is 0 Å². The predicted molar refractivity (Wildman–Crippen MR) is 77.9 cm³/mol. The molecule has 0 aliphatic rings. The molecule has 0 unspecified atom stereocenters. The largest absolute Gasteiger partial charge is 0.365 e. The molecule has 2 amide bonds. The Morgan fingerprint density at radius 3 is 2.75 bits per heavy atom. The van der Waals surface area contributed by atoms with Gasteiger partial charge < -0.3 is 11.1 Å². The predicted octanol–water partition coefficient (Wildman–Crippen LogP) is 1.47. The summed E-state index contributed by atoms with van der Waals surface area (Å²) in [6.07, 6.45) is 3.25. The third kappa shape index (κ3) is 3.89. The number of nitrogens with two attached hydrogens (primary N) is 1. The lowest BCUT2D eigenvalue weighted by Crippen LogP contribution is -2.40. The molecule has 0 saturated heterocycles. The van der Waals surface area contributed by atoms with Crippen LogP contribution in [0.4, 0.5) is 5.69 Å². The van der Waals surface area contributed by atoms with Gasteiger partial charge in [0, 0.05) is 16.2 Å². The molecule has 0 aliphatic heterocycles. The van der Waals surface area contributed by atoms with Crippen molar-refractivity contribution in [2.75, 3.05) is 5.32 Å². The van der Waals surface area contributed by atoms with Crippen LogP contribution in [0, 0.1) is 0 Å². The van der Waals surface area contributed by atoms with Gasteiger partial charge in [-0.05, 0) is 24.3 Å². The van der Waals surface area contributed by atoms with E-state index in [9.17, 15) is 9.59 Å². The van der Waals surface area contributed by atoms with Crippen LogP contribution in [0.5, 0.6) is 0 Å². The summed E-state index contributed by atoms with van der Waals surface area (Å²) in [5.41, 5.74) is 6.26. The maximum Gasteiger partial charge on any atom is 0.290 e. The second kappa shape index (κ2) is 6.29. The van der Waals surface area contributed by atoms with E-state index in [2.05, 4.69) is 21.2 Å². The minimum absolute atomic E-state index is 0.105. The van der Waals surface area contributed by atoms with E-state index in [0.717, 1.165) is 4.47 Å². The Morgan fingerprint density at radius 2 is 2.05 bits per heavy atom. The molecule has 0 bridgehead atoms. The molecule has 1 aromatic heterocycles. The van der Waals surface area contributed by atoms with Gasteiger partial charge in [0.2, 0.25) is 6.54 Å². The zero-order chi connectivity index (χ0) is 14.5. The molecule has 20 heavy (non-hydrogen) atoms. The fraction of sp³-hybridized carbons (Fsp3) is 0.0714. The first-order valence-corrected chi connectivity index (χ1v) is 6.68. The van der Waals surface area contributed by atoms with E-state index >= 15 is 0 Å². The van der Waals surface area contributed by atoms with Crippen LogP contribution in [0.1, 0.15) is 10.4 Å². The molecule has 0 aliphatic carbocycles. The second-order valence-corrected chi connectivity index (χ2v) is 5.10. The number of rotatable bonds is 4. The third-order valence-electron chi connectivity index (χ3n) is 2.58. The van der Waals surface area contributed by atoms with Gasteiger partial charge in [0.25, 0.3) is 11.8 Å². The smallest absolute Gasteiger partial charge is 0.290 e. The van der Waals surface area contributed by atoms with Gasteiger partial charge in [-0.1, -0.05) is 22.0 Å². The fourth-order valence-electron chi connectivity index (χ4n) is 1.70. The number of nitrogens with zero attached hydrogens (tertiary/aromatic N) is 1. The van der Waals surface area contributed by atoms with E-state index < -0.39 is 5.91 Å². The molecule has 6 heteroatoms. The van der Waals surface area contributed by atoms with E-state index in [0.29, 0.717) is 11.3 Å². The Bertz CT molecular complexity index is 658. The summed E-state index contributed by atoms with van der Waals surface area (Å²) in [6.45, 7) is 0.105. The van der Waals surface area contributed by atoms with Crippen molar-refractivity contribution in [2.24, 2.45) is 5.73 Å². The van der Waals surface area contributed by atoms with Crippen LogP contribution in [0.2, 0.25) is 0 Å². The standard InChI is InChI=1S/C14H12BrN3O2/c15-11-4-1-5-12(7-11)17-13(19)9-18-6-2-3-10(8-18)14(16)20/h1-8H,9H2,(H2-,16,17,19,20)/p+1. The summed E-state index contributed by atoms with van der Waals surface area (Å²) in [5, 5.41) is 2.77. The molecule has 0 spiro atoms. The van der Waals surface area contributed by atoms with Gasteiger partial charge in [-0.2, -0.15) is 4.57 Å². The lowest BCUT2D eigenvalue weighted by Gasteiger charge is -2.03. The Balaban J connectivity index is 2.04. The summed E-state index contributed by atoms with van der Waals surface area (Å²) in [4.78, 5) is 23.0. The molecule has 2 aromatic rings. The van der Waals surface area contributed by atoms with Crippen molar-refractivity contribution in [3.63, 3.8) is 0 Å². The molecule has 0 radical (unpaired) electrons. The molecule has 0 atom stereocenters. The van der Waals surface area contributed by atoms with Crippen LogP contribution in [-0.2, 0) is 11.3 Å². The fourth-order valence-corrected chi connectivity index (χ4v) is 2.10. The first-order valence-electron chi connectivity index (χ1n) is 5.89. The maximum atomic E-state index is 11.9. The minimum atomic E-state index is -0.522. The Kier molecular flexibility index (Phi) is 4.47. The molecule has 0 fully saturated rings. The highest BCUT2D eigenvalue weighted by atomic mass is 79.9. The Labute approximate surface area is 124 Å². The van der Waals surface area contributed by atoms with Gasteiger partial charge in [0.15, 0.2) is 12.4 Å². The van der Waals surface area contributed by atoms with Crippen LogP contribution in [0.15, 0.2) is 53.3 Å². The van der Waals surface area contributed by atoms with Crippen LogP contribution in [-0.4, -0.2) is 11.8 Å². The lowest BCUT2D eigenvalue weighted by atomic mass is 10.2. The number of primary amides is 1. The summed E-state index contributed by atoms with van der Waals surface area (Å²) in [6, 6.07) is 10.6. The minimum Gasteiger partial charge on any atom is -0.365 e. The van der Waals surface area contributed by atoms with Gasteiger partial charge in [0.05, 0.1) is 0 Å². The van der Waals surface area contributed by atoms with E-state index in [-0.39, 0.29) is 12.5 Å². The number of anilines is 1. The number of pyridine rings is 1. The number of hydrogen-bond donors (Lipinski definition) is 2. The summed E-state index contributed by atoms with van der Waals surface area (Å²) in [5.74, 6) is -0.707. The molecule has 1 aromatic carbocycles. The van der Waals surface area contributed by atoms with E-state index in [1.54, 1.807) is 35.2 Å².